The molecule has 0 fully saturated rings. The topological polar surface area (TPSA) is 149 Å². The summed E-state index contributed by atoms with van der Waals surface area (Å²) in [6.07, 6.45) is 0. The van der Waals surface area contributed by atoms with Gasteiger partial charge in [-0.1, -0.05) is 12.1 Å². The maximum atomic E-state index is 11.4. The van der Waals surface area contributed by atoms with Crippen molar-refractivity contribution in [1.29, 1.82) is 0 Å². The molecule has 0 aliphatic heterocycles. The monoisotopic (exact) mass is 420 g/mol. The van der Waals surface area contributed by atoms with E-state index in [4.69, 9.17) is 0 Å². The van der Waals surface area contributed by atoms with Gasteiger partial charge in [0.05, 0.1) is 22.3 Å². The number of benzene rings is 3. The van der Waals surface area contributed by atoms with Gasteiger partial charge in [-0.15, -0.1) is 0 Å². The van der Waals surface area contributed by atoms with Crippen LogP contribution in [-0.4, -0.2) is 44.3 Å². The van der Waals surface area contributed by atoms with Crippen molar-refractivity contribution in [3.63, 3.8) is 0 Å². The van der Waals surface area contributed by atoms with Crippen LogP contribution in [0.4, 0.5) is 0 Å². The number of carboxylic acids is 4. The fourth-order valence-electron chi connectivity index (χ4n) is 3.18. The molecule has 0 aliphatic carbocycles. The number of aromatic carboxylic acids is 4. The van der Waals surface area contributed by atoms with Crippen molar-refractivity contribution in [3.05, 3.63) is 82.4 Å². The van der Waals surface area contributed by atoms with Gasteiger partial charge < -0.3 is 20.4 Å². The zero-order chi connectivity index (χ0) is 22.9. The molecule has 0 aromatic heterocycles. The van der Waals surface area contributed by atoms with Gasteiger partial charge in [-0.05, 0) is 77.2 Å². The van der Waals surface area contributed by atoms with Gasteiger partial charge in [-0.3, -0.25) is 0 Å². The molecular formula is C23H16O8. The lowest BCUT2D eigenvalue weighted by atomic mass is 9.92. The molecule has 8 heteroatoms. The Labute approximate surface area is 175 Å². The summed E-state index contributed by atoms with van der Waals surface area (Å²) in [5.74, 6) is -5.12. The zero-order valence-electron chi connectivity index (χ0n) is 16.1. The first-order valence-corrected chi connectivity index (χ1v) is 8.91. The molecule has 4 N–H and O–H groups in total. The van der Waals surface area contributed by atoms with E-state index in [-0.39, 0.29) is 22.3 Å². The van der Waals surface area contributed by atoms with E-state index in [9.17, 15) is 39.6 Å². The summed E-state index contributed by atoms with van der Waals surface area (Å²) in [6.45, 7) is 1.75. The van der Waals surface area contributed by atoms with E-state index in [2.05, 4.69) is 0 Å². The van der Waals surface area contributed by atoms with Crippen LogP contribution in [0.25, 0.3) is 22.3 Å². The molecule has 156 valence electrons. The molecule has 0 atom stereocenters. The Kier molecular flexibility index (Phi) is 5.56. The highest BCUT2D eigenvalue weighted by Crippen LogP contribution is 2.32. The van der Waals surface area contributed by atoms with Gasteiger partial charge in [-0.25, -0.2) is 19.2 Å². The number of hydrogen-bond donors (Lipinski definition) is 4. The first kappa shape index (κ1) is 21.3. The van der Waals surface area contributed by atoms with E-state index in [1.165, 1.54) is 24.3 Å². The maximum absolute atomic E-state index is 11.4. The van der Waals surface area contributed by atoms with Gasteiger partial charge in [0, 0.05) is 0 Å². The van der Waals surface area contributed by atoms with Crippen LogP contribution in [0.15, 0.2) is 54.6 Å². The predicted molar refractivity (Wildman–Crippen MR) is 110 cm³/mol. The largest absolute Gasteiger partial charge is 0.478 e. The highest BCUT2D eigenvalue weighted by molar-refractivity contribution is 5.98. The van der Waals surface area contributed by atoms with Gasteiger partial charge >= 0.3 is 23.9 Å². The standard InChI is InChI=1S/C23H16O8/c1-11-2-3-12(13-4-15(20(24)25)8-16(5-13)21(26)27)10-19(11)14-6-17(22(28)29)9-18(7-14)23(30)31/h2-10H,1H3,(H,24,25)(H,26,27)(H,28,29)(H,30,31). The average Bonchev–Trinajstić information content (AvgIpc) is 2.73. The Balaban J connectivity index is 2.23. The molecule has 0 unspecified atom stereocenters. The number of aryl methyl sites for hydroxylation is 1. The van der Waals surface area contributed by atoms with Crippen molar-refractivity contribution in [2.75, 3.05) is 0 Å². The molecule has 3 aromatic carbocycles. The minimum absolute atomic E-state index is 0.194. The number of rotatable bonds is 6. The SMILES string of the molecule is Cc1ccc(-c2cc(C(=O)O)cc(C(=O)O)c2)cc1-c1cc(C(=O)O)cc(C(=O)O)c1. The zero-order valence-corrected chi connectivity index (χ0v) is 16.1. The lowest BCUT2D eigenvalue weighted by molar-refractivity contribution is 0.0676. The molecule has 0 bridgehead atoms. The molecular weight excluding hydrogens is 404 g/mol. The van der Waals surface area contributed by atoms with Gasteiger partial charge in [0.25, 0.3) is 0 Å². The summed E-state index contributed by atoms with van der Waals surface area (Å²) in [5.41, 5.74) is 1.65. The second kappa shape index (κ2) is 8.11. The van der Waals surface area contributed by atoms with Gasteiger partial charge in [-0.2, -0.15) is 0 Å². The van der Waals surface area contributed by atoms with E-state index >= 15 is 0 Å². The Morgan fingerprint density at radius 3 is 1.29 bits per heavy atom. The average molecular weight is 420 g/mol. The van der Waals surface area contributed by atoms with Crippen molar-refractivity contribution in [1.82, 2.24) is 0 Å². The highest BCUT2D eigenvalue weighted by Gasteiger charge is 2.16. The number of carboxylic acid groups (broad SMARTS) is 4. The third kappa shape index (κ3) is 4.43. The lowest BCUT2D eigenvalue weighted by Gasteiger charge is -2.12. The van der Waals surface area contributed by atoms with Gasteiger partial charge in [0.15, 0.2) is 0 Å². The Morgan fingerprint density at radius 2 is 0.903 bits per heavy atom. The number of hydrogen-bond acceptors (Lipinski definition) is 4. The van der Waals surface area contributed by atoms with Crippen LogP contribution in [-0.2, 0) is 0 Å². The van der Waals surface area contributed by atoms with E-state index in [0.717, 1.165) is 17.7 Å². The minimum Gasteiger partial charge on any atom is -0.478 e. The van der Waals surface area contributed by atoms with Crippen LogP contribution in [0.2, 0.25) is 0 Å². The third-order valence-electron chi connectivity index (χ3n) is 4.74. The quantitative estimate of drug-likeness (QED) is 0.465. The fraction of sp³-hybridized carbons (Fsp3) is 0.0435. The third-order valence-corrected chi connectivity index (χ3v) is 4.74. The molecule has 0 amide bonds. The molecule has 0 saturated heterocycles. The van der Waals surface area contributed by atoms with E-state index in [1.54, 1.807) is 25.1 Å². The van der Waals surface area contributed by atoms with Crippen molar-refractivity contribution in [2.24, 2.45) is 0 Å². The molecule has 0 heterocycles. The Morgan fingerprint density at radius 1 is 0.516 bits per heavy atom. The first-order valence-electron chi connectivity index (χ1n) is 8.91. The summed E-state index contributed by atoms with van der Waals surface area (Å²) in [6, 6.07) is 12.5. The molecule has 0 saturated carbocycles. The molecule has 0 spiro atoms. The van der Waals surface area contributed by atoms with E-state index < -0.39 is 23.9 Å². The molecule has 3 rings (SSSR count). The summed E-state index contributed by atoms with van der Waals surface area (Å²) in [7, 11) is 0. The van der Waals surface area contributed by atoms with E-state index in [1.807, 2.05) is 0 Å². The van der Waals surface area contributed by atoms with Crippen LogP contribution in [0.5, 0.6) is 0 Å². The van der Waals surface area contributed by atoms with Gasteiger partial charge in [0.1, 0.15) is 0 Å². The normalized spacial score (nSPS) is 10.5. The van der Waals surface area contributed by atoms with E-state index in [0.29, 0.717) is 22.3 Å². The van der Waals surface area contributed by atoms with Crippen LogP contribution in [0.3, 0.4) is 0 Å². The first-order chi connectivity index (χ1) is 14.6. The number of carbonyl (C=O) groups is 4. The van der Waals surface area contributed by atoms with Crippen LogP contribution >= 0.6 is 0 Å². The predicted octanol–water partition coefficient (Wildman–Crippen LogP) is 4.12. The minimum atomic E-state index is -1.28. The fourth-order valence-corrected chi connectivity index (χ4v) is 3.18. The Hall–Kier alpha value is -4.46. The lowest BCUT2D eigenvalue weighted by Crippen LogP contribution is -2.04. The molecule has 31 heavy (non-hydrogen) atoms. The summed E-state index contributed by atoms with van der Waals surface area (Å²) in [5, 5.41) is 37.3. The highest BCUT2D eigenvalue weighted by atomic mass is 16.4. The van der Waals surface area contributed by atoms with Crippen LogP contribution in [0.1, 0.15) is 47.0 Å². The summed E-state index contributed by atoms with van der Waals surface area (Å²) < 4.78 is 0. The second-order valence-corrected chi connectivity index (χ2v) is 6.85. The smallest absolute Gasteiger partial charge is 0.335 e. The Bertz CT molecular complexity index is 1190. The van der Waals surface area contributed by atoms with Crippen molar-refractivity contribution < 1.29 is 39.6 Å². The molecule has 3 aromatic rings. The van der Waals surface area contributed by atoms with Crippen molar-refractivity contribution >= 4 is 23.9 Å². The molecule has 0 aliphatic rings. The van der Waals surface area contributed by atoms with Gasteiger partial charge in [0.2, 0.25) is 0 Å². The van der Waals surface area contributed by atoms with Crippen molar-refractivity contribution in [2.45, 2.75) is 6.92 Å². The summed E-state index contributed by atoms with van der Waals surface area (Å²) >= 11 is 0. The van der Waals surface area contributed by atoms with Crippen LogP contribution in [0, 0.1) is 6.92 Å². The van der Waals surface area contributed by atoms with Crippen LogP contribution < -0.4 is 0 Å². The van der Waals surface area contributed by atoms with Crippen molar-refractivity contribution in [3.8, 4) is 22.3 Å². The second-order valence-electron chi connectivity index (χ2n) is 6.85. The maximum Gasteiger partial charge on any atom is 0.335 e. The molecule has 8 nitrogen and oxygen atoms in total. The summed E-state index contributed by atoms with van der Waals surface area (Å²) in [4.78, 5) is 45.7. The molecule has 0 radical (unpaired) electrons.